The van der Waals surface area contributed by atoms with Crippen LogP contribution in [0, 0.1) is 0 Å². The van der Waals surface area contributed by atoms with Gasteiger partial charge in [0.1, 0.15) is 5.75 Å². The molecule has 0 aliphatic rings. The second-order valence-electron chi connectivity index (χ2n) is 3.46. The maximum absolute atomic E-state index is 11.3. The van der Waals surface area contributed by atoms with Crippen LogP contribution in [-0.4, -0.2) is 17.1 Å². The first kappa shape index (κ1) is 11.8. The molecule has 5 N–H and O–H groups in total. The van der Waals surface area contributed by atoms with Crippen LogP contribution in [0.2, 0.25) is 0 Å². The van der Waals surface area contributed by atoms with Crippen molar-refractivity contribution in [1.82, 2.24) is 9.97 Å². The first-order valence-corrected chi connectivity index (χ1v) is 5.06. The van der Waals surface area contributed by atoms with Crippen LogP contribution in [0.4, 0.5) is 11.4 Å². The van der Waals surface area contributed by atoms with Gasteiger partial charge in [-0.05, 0) is 12.1 Å². The fourth-order valence-corrected chi connectivity index (χ4v) is 1.31. The van der Waals surface area contributed by atoms with Crippen LogP contribution in [0.1, 0.15) is 0 Å². The van der Waals surface area contributed by atoms with Crippen LogP contribution in [-0.2, 0) is 0 Å². The quantitative estimate of drug-likeness (QED) is 0.689. The van der Waals surface area contributed by atoms with Crippen LogP contribution in [0.15, 0.2) is 29.3 Å². The lowest BCUT2D eigenvalue weighted by atomic mass is 10.3. The van der Waals surface area contributed by atoms with Crippen LogP contribution >= 0.6 is 0 Å². The second-order valence-corrected chi connectivity index (χ2v) is 3.46. The fourth-order valence-electron chi connectivity index (χ4n) is 1.31. The predicted octanol–water partition coefficient (Wildman–Crippen LogP) is 0.735. The van der Waals surface area contributed by atoms with Crippen molar-refractivity contribution in [3.8, 4) is 17.4 Å². The number of nitrogens with one attached hydrogen (secondary N) is 1. The largest absolute Gasteiger partial charge is 0.497 e. The molecule has 0 fully saturated rings. The highest BCUT2D eigenvalue weighted by Gasteiger charge is 2.10. The number of nitrogens with two attached hydrogens (primary N) is 2. The van der Waals surface area contributed by atoms with Crippen molar-refractivity contribution in [3.05, 3.63) is 34.9 Å². The van der Waals surface area contributed by atoms with Crippen LogP contribution in [0.5, 0.6) is 17.4 Å². The summed E-state index contributed by atoms with van der Waals surface area (Å²) in [5, 5.41) is 0. The fraction of sp³-hybridized carbons (Fsp3) is 0.0909. The second kappa shape index (κ2) is 4.66. The number of ether oxygens (including phenoxy) is 2. The Bertz CT molecular complexity index is 624. The van der Waals surface area contributed by atoms with E-state index < -0.39 is 5.56 Å². The molecule has 0 bridgehead atoms. The third-order valence-electron chi connectivity index (χ3n) is 2.28. The Labute approximate surface area is 102 Å². The van der Waals surface area contributed by atoms with E-state index in [0.29, 0.717) is 17.2 Å². The predicted molar refractivity (Wildman–Crippen MR) is 66.8 cm³/mol. The van der Waals surface area contributed by atoms with Gasteiger partial charge < -0.3 is 25.9 Å². The van der Waals surface area contributed by atoms with Gasteiger partial charge in [0, 0.05) is 6.07 Å². The highest BCUT2D eigenvalue weighted by Crippen LogP contribution is 2.31. The van der Waals surface area contributed by atoms with E-state index >= 15 is 0 Å². The standard InChI is InChI=1S/C11H12N4O3/c1-17-6-2-3-7(12)8(4-6)18-11-9(13)10(16)14-5-15-11/h2-5H,12-13H2,1H3,(H,14,15,16). The van der Waals surface area contributed by atoms with Gasteiger partial charge in [-0.3, -0.25) is 4.79 Å². The average molecular weight is 248 g/mol. The number of rotatable bonds is 3. The van der Waals surface area contributed by atoms with Gasteiger partial charge in [-0.15, -0.1) is 0 Å². The molecule has 0 spiro atoms. The van der Waals surface area contributed by atoms with Gasteiger partial charge >= 0.3 is 0 Å². The Morgan fingerprint density at radius 2 is 2.11 bits per heavy atom. The number of nitrogen functional groups attached to an aromatic ring is 2. The van der Waals surface area contributed by atoms with Crippen molar-refractivity contribution in [2.75, 3.05) is 18.6 Å². The van der Waals surface area contributed by atoms with E-state index in [9.17, 15) is 4.79 Å². The number of hydrogen-bond donors (Lipinski definition) is 3. The SMILES string of the molecule is COc1ccc(N)c(Oc2nc[nH]c(=O)c2N)c1. The third kappa shape index (κ3) is 2.19. The zero-order chi connectivity index (χ0) is 13.1. The maximum Gasteiger partial charge on any atom is 0.277 e. The van der Waals surface area contributed by atoms with Gasteiger partial charge in [-0.25, -0.2) is 4.98 Å². The number of benzene rings is 1. The molecule has 0 unspecified atom stereocenters. The lowest BCUT2D eigenvalue weighted by molar-refractivity contribution is 0.408. The highest BCUT2D eigenvalue weighted by molar-refractivity contribution is 5.58. The number of aromatic nitrogens is 2. The molecular weight excluding hydrogens is 236 g/mol. The molecule has 18 heavy (non-hydrogen) atoms. The number of aromatic amines is 1. The van der Waals surface area contributed by atoms with Gasteiger partial charge in [0.2, 0.25) is 5.88 Å². The van der Waals surface area contributed by atoms with E-state index in [-0.39, 0.29) is 11.6 Å². The highest BCUT2D eigenvalue weighted by atomic mass is 16.5. The summed E-state index contributed by atoms with van der Waals surface area (Å²) < 4.78 is 10.4. The summed E-state index contributed by atoms with van der Waals surface area (Å²) >= 11 is 0. The van der Waals surface area contributed by atoms with E-state index in [1.807, 2.05) is 0 Å². The number of hydrogen-bond acceptors (Lipinski definition) is 6. The van der Waals surface area contributed by atoms with Crippen molar-refractivity contribution in [2.45, 2.75) is 0 Å². The van der Waals surface area contributed by atoms with E-state index in [4.69, 9.17) is 20.9 Å². The lowest BCUT2D eigenvalue weighted by Crippen LogP contribution is -2.13. The molecule has 7 nitrogen and oxygen atoms in total. The maximum atomic E-state index is 11.3. The number of nitrogens with zero attached hydrogens (tertiary/aromatic N) is 1. The van der Waals surface area contributed by atoms with E-state index in [1.54, 1.807) is 18.2 Å². The van der Waals surface area contributed by atoms with Crippen molar-refractivity contribution in [3.63, 3.8) is 0 Å². The van der Waals surface area contributed by atoms with Gasteiger partial charge in [0.15, 0.2) is 11.4 Å². The van der Waals surface area contributed by atoms with Crippen molar-refractivity contribution >= 4 is 11.4 Å². The molecule has 0 aliphatic heterocycles. The summed E-state index contributed by atoms with van der Waals surface area (Å²) in [5.41, 5.74) is 11.1. The van der Waals surface area contributed by atoms with Crippen LogP contribution in [0.25, 0.3) is 0 Å². The summed E-state index contributed by atoms with van der Waals surface area (Å²) in [5.74, 6) is 0.889. The van der Waals surface area contributed by atoms with Crippen LogP contribution in [0.3, 0.4) is 0 Å². The van der Waals surface area contributed by atoms with Crippen LogP contribution < -0.4 is 26.5 Å². The van der Waals surface area contributed by atoms with E-state index in [0.717, 1.165) is 0 Å². The monoisotopic (exact) mass is 248 g/mol. The van der Waals surface area contributed by atoms with Gasteiger partial charge in [0.05, 0.1) is 19.1 Å². The average Bonchev–Trinajstić information content (AvgIpc) is 2.37. The molecule has 0 radical (unpaired) electrons. The van der Waals surface area contributed by atoms with E-state index in [1.165, 1.54) is 13.4 Å². The molecule has 7 heteroatoms. The number of H-pyrrole nitrogens is 1. The van der Waals surface area contributed by atoms with E-state index in [2.05, 4.69) is 9.97 Å². The molecule has 2 aromatic rings. The summed E-state index contributed by atoms with van der Waals surface area (Å²) in [6.45, 7) is 0. The molecule has 94 valence electrons. The molecular formula is C11H12N4O3. The molecule has 0 saturated heterocycles. The smallest absolute Gasteiger partial charge is 0.277 e. The zero-order valence-corrected chi connectivity index (χ0v) is 9.64. The summed E-state index contributed by atoms with van der Waals surface area (Å²) in [6, 6.07) is 4.89. The molecule has 0 aliphatic carbocycles. The van der Waals surface area contributed by atoms with Gasteiger partial charge in [-0.1, -0.05) is 0 Å². The molecule has 0 atom stereocenters. The molecule has 1 aromatic carbocycles. The first-order chi connectivity index (χ1) is 8.61. The molecule has 0 saturated carbocycles. The normalized spacial score (nSPS) is 10.1. The Hall–Kier alpha value is -2.70. The molecule has 2 rings (SSSR count). The topological polar surface area (TPSA) is 116 Å². The first-order valence-electron chi connectivity index (χ1n) is 5.06. The van der Waals surface area contributed by atoms with Gasteiger partial charge in [-0.2, -0.15) is 0 Å². The van der Waals surface area contributed by atoms with Gasteiger partial charge in [0.25, 0.3) is 5.56 Å². The summed E-state index contributed by atoms with van der Waals surface area (Å²) in [7, 11) is 1.52. The lowest BCUT2D eigenvalue weighted by Gasteiger charge is -2.10. The summed E-state index contributed by atoms with van der Waals surface area (Å²) in [4.78, 5) is 17.4. The number of methoxy groups -OCH3 is 1. The Kier molecular flexibility index (Phi) is 3.05. The Morgan fingerprint density at radius 3 is 2.83 bits per heavy atom. The zero-order valence-electron chi connectivity index (χ0n) is 9.64. The third-order valence-corrected chi connectivity index (χ3v) is 2.28. The van der Waals surface area contributed by atoms with Crippen molar-refractivity contribution < 1.29 is 9.47 Å². The minimum Gasteiger partial charge on any atom is -0.497 e. The minimum absolute atomic E-state index is 0.00120. The Morgan fingerprint density at radius 1 is 1.33 bits per heavy atom. The molecule has 1 heterocycles. The molecule has 1 aromatic heterocycles. The molecule has 0 amide bonds. The Balaban J connectivity index is 2.39. The van der Waals surface area contributed by atoms with Crippen molar-refractivity contribution in [2.24, 2.45) is 0 Å². The minimum atomic E-state index is -0.471. The number of anilines is 2. The van der Waals surface area contributed by atoms with Crippen molar-refractivity contribution in [1.29, 1.82) is 0 Å². The summed E-state index contributed by atoms with van der Waals surface area (Å²) in [6.07, 6.45) is 1.20.